The Morgan fingerprint density at radius 2 is 1.52 bits per heavy atom. The Hall–Kier alpha value is -0.300. The van der Waals surface area contributed by atoms with E-state index in [-0.39, 0.29) is 6.10 Å². The quantitative estimate of drug-likeness (QED) is 0.418. The van der Waals surface area contributed by atoms with Crippen molar-refractivity contribution in [3.8, 4) is 0 Å². The third-order valence-electron chi connectivity index (χ3n) is 12.1. The van der Waals surface area contributed by atoms with Gasteiger partial charge in [-0.3, -0.25) is 0 Å². The van der Waals surface area contributed by atoms with E-state index in [0.29, 0.717) is 27.1 Å². The fourth-order valence-electron chi connectivity index (χ4n) is 9.82. The molecule has 5 aliphatic rings. The third-order valence-corrected chi connectivity index (χ3v) is 12.1. The van der Waals surface area contributed by atoms with E-state index in [4.69, 9.17) is 0 Å². The van der Waals surface area contributed by atoms with Crippen LogP contribution in [0.4, 0.5) is 0 Å². The van der Waals surface area contributed by atoms with Crippen LogP contribution in [-0.4, -0.2) is 11.2 Å². The van der Waals surface area contributed by atoms with Crippen molar-refractivity contribution in [1.29, 1.82) is 0 Å². The zero-order valence-corrected chi connectivity index (χ0v) is 20.1. The van der Waals surface area contributed by atoms with Crippen molar-refractivity contribution in [3.63, 3.8) is 0 Å². The summed E-state index contributed by atoms with van der Waals surface area (Å²) in [6.45, 7) is 15.7. The highest BCUT2D eigenvalue weighted by atomic mass is 16.3. The van der Waals surface area contributed by atoms with E-state index in [1.807, 2.05) is 0 Å². The van der Waals surface area contributed by atoms with Crippen LogP contribution < -0.4 is 0 Å². The van der Waals surface area contributed by atoms with Crippen LogP contribution in [0.25, 0.3) is 0 Å². The van der Waals surface area contributed by atoms with E-state index in [1.54, 1.807) is 5.57 Å². The number of aliphatic hydroxyl groups excluding tert-OH is 1. The van der Waals surface area contributed by atoms with Crippen LogP contribution in [0.1, 0.15) is 112 Å². The zero-order chi connectivity index (χ0) is 20.9. The largest absolute Gasteiger partial charge is 0.393 e. The molecule has 0 amide bonds. The minimum absolute atomic E-state index is 0.0922. The normalized spacial score (nSPS) is 56.3. The Labute approximate surface area is 180 Å². The van der Waals surface area contributed by atoms with Gasteiger partial charge in [-0.15, -0.1) is 0 Å². The number of hydrogen-bond donors (Lipinski definition) is 1. The second-order valence-corrected chi connectivity index (χ2v) is 13.9. The predicted molar refractivity (Wildman–Crippen MR) is 122 cm³/mol. The maximum absolute atomic E-state index is 10.3. The molecule has 1 N–H and O–H groups in total. The van der Waals surface area contributed by atoms with Gasteiger partial charge in [0.25, 0.3) is 0 Å². The van der Waals surface area contributed by atoms with E-state index in [2.05, 4.69) is 47.6 Å². The molecule has 4 fully saturated rings. The number of hydrogen-bond acceptors (Lipinski definition) is 1. The van der Waals surface area contributed by atoms with Crippen molar-refractivity contribution >= 4 is 0 Å². The van der Waals surface area contributed by atoms with E-state index in [9.17, 15) is 5.11 Å². The lowest BCUT2D eigenvalue weighted by Crippen LogP contribution is -2.63. The Kier molecular flexibility index (Phi) is 4.36. The van der Waals surface area contributed by atoms with Crippen LogP contribution in [0.2, 0.25) is 0 Å². The van der Waals surface area contributed by atoms with E-state index in [0.717, 1.165) is 30.6 Å². The topological polar surface area (TPSA) is 20.2 Å². The first-order chi connectivity index (χ1) is 13.4. The molecule has 0 bridgehead atoms. The van der Waals surface area contributed by atoms with Crippen molar-refractivity contribution in [3.05, 3.63) is 11.6 Å². The molecule has 8 unspecified atom stereocenters. The SMILES string of the molecule is CC1(C)CCC2(C)CCC3(C)C(CCC4C5(C)CCC(O)CC5=CCC43C)C2C1. The van der Waals surface area contributed by atoms with Gasteiger partial charge >= 0.3 is 0 Å². The molecule has 0 aromatic heterocycles. The second kappa shape index (κ2) is 6.14. The molecular formula is C28H46O. The monoisotopic (exact) mass is 398 g/mol. The second-order valence-electron chi connectivity index (χ2n) is 13.9. The van der Waals surface area contributed by atoms with Crippen molar-refractivity contribution < 1.29 is 5.11 Å². The maximum atomic E-state index is 10.3. The van der Waals surface area contributed by atoms with Crippen LogP contribution in [-0.2, 0) is 0 Å². The van der Waals surface area contributed by atoms with Gasteiger partial charge in [-0.25, -0.2) is 0 Å². The Morgan fingerprint density at radius 1 is 0.793 bits per heavy atom. The highest BCUT2D eigenvalue weighted by Gasteiger charge is 2.66. The first-order valence-electron chi connectivity index (χ1n) is 12.8. The summed E-state index contributed by atoms with van der Waals surface area (Å²) in [4.78, 5) is 0. The molecule has 0 saturated heterocycles. The number of rotatable bonds is 0. The molecule has 0 aromatic rings. The maximum Gasteiger partial charge on any atom is 0.0577 e. The highest BCUT2D eigenvalue weighted by Crippen LogP contribution is 2.74. The molecule has 29 heavy (non-hydrogen) atoms. The van der Waals surface area contributed by atoms with Crippen LogP contribution >= 0.6 is 0 Å². The van der Waals surface area contributed by atoms with Gasteiger partial charge in [0.1, 0.15) is 0 Å². The van der Waals surface area contributed by atoms with Gasteiger partial charge in [0, 0.05) is 0 Å². The smallest absolute Gasteiger partial charge is 0.0577 e. The lowest BCUT2D eigenvalue weighted by molar-refractivity contribution is -0.203. The summed E-state index contributed by atoms with van der Waals surface area (Å²) in [7, 11) is 0. The van der Waals surface area contributed by atoms with Gasteiger partial charge < -0.3 is 5.11 Å². The summed E-state index contributed by atoms with van der Waals surface area (Å²) in [6.07, 6.45) is 17.1. The Morgan fingerprint density at radius 3 is 2.28 bits per heavy atom. The average molecular weight is 399 g/mol. The van der Waals surface area contributed by atoms with Crippen LogP contribution in [0, 0.1) is 44.8 Å². The minimum Gasteiger partial charge on any atom is -0.393 e. The minimum atomic E-state index is -0.0922. The first-order valence-corrected chi connectivity index (χ1v) is 12.8. The molecule has 0 aliphatic heterocycles. The first kappa shape index (κ1) is 20.6. The summed E-state index contributed by atoms with van der Waals surface area (Å²) in [6, 6.07) is 0. The van der Waals surface area contributed by atoms with Gasteiger partial charge in [0.2, 0.25) is 0 Å². The molecule has 1 heteroatoms. The summed E-state index contributed by atoms with van der Waals surface area (Å²) in [5, 5.41) is 10.3. The van der Waals surface area contributed by atoms with Crippen LogP contribution in [0.15, 0.2) is 11.6 Å². The summed E-state index contributed by atoms with van der Waals surface area (Å²) >= 11 is 0. The van der Waals surface area contributed by atoms with Gasteiger partial charge in [0.15, 0.2) is 0 Å². The average Bonchev–Trinajstić information content (AvgIpc) is 2.65. The van der Waals surface area contributed by atoms with Crippen molar-refractivity contribution in [2.24, 2.45) is 44.8 Å². The van der Waals surface area contributed by atoms with E-state index >= 15 is 0 Å². The van der Waals surface area contributed by atoms with Gasteiger partial charge in [-0.05, 0) is 115 Å². The molecule has 1 nitrogen and oxygen atoms in total. The lowest BCUT2D eigenvalue weighted by atomic mass is 9.34. The summed E-state index contributed by atoms with van der Waals surface area (Å²) < 4.78 is 0. The van der Waals surface area contributed by atoms with Gasteiger partial charge in [-0.2, -0.15) is 0 Å². The van der Waals surface area contributed by atoms with Gasteiger partial charge in [0.05, 0.1) is 6.10 Å². The fourth-order valence-corrected chi connectivity index (χ4v) is 9.82. The predicted octanol–water partition coefficient (Wildman–Crippen LogP) is 7.53. The molecule has 8 atom stereocenters. The molecule has 5 aliphatic carbocycles. The lowest BCUT2D eigenvalue weighted by Gasteiger charge is -2.71. The van der Waals surface area contributed by atoms with Crippen molar-refractivity contribution in [1.82, 2.24) is 0 Å². The number of allylic oxidation sites excluding steroid dienone is 1. The molecule has 0 aromatic carbocycles. The van der Waals surface area contributed by atoms with Crippen molar-refractivity contribution in [2.75, 3.05) is 0 Å². The summed E-state index contributed by atoms with van der Waals surface area (Å²) in [5.74, 6) is 2.65. The highest BCUT2D eigenvalue weighted by molar-refractivity contribution is 5.28. The van der Waals surface area contributed by atoms with Crippen LogP contribution in [0.3, 0.4) is 0 Å². The molecule has 0 heterocycles. The zero-order valence-electron chi connectivity index (χ0n) is 20.1. The Bertz CT molecular complexity index is 720. The molecule has 0 radical (unpaired) electrons. The molecule has 164 valence electrons. The van der Waals surface area contributed by atoms with E-state index in [1.165, 1.54) is 57.8 Å². The third kappa shape index (κ3) is 2.68. The van der Waals surface area contributed by atoms with Crippen molar-refractivity contribution in [2.45, 2.75) is 118 Å². The van der Waals surface area contributed by atoms with Crippen LogP contribution in [0.5, 0.6) is 0 Å². The van der Waals surface area contributed by atoms with Gasteiger partial charge in [-0.1, -0.05) is 53.2 Å². The molecule has 0 spiro atoms. The number of aliphatic hydroxyl groups is 1. The molecular weight excluding hydrogens is 352 g/mol. The van der Waals surface area contributed by atoms with E-state index < -0.39 is 0 Å². The summed E-state index contributed by atoms with van der Waals surface area (Å²) in [5.41, 5.74) is 3.99. The fraction of sp³-hybridized carbons (Fsp3) is 0.929. The Balaban J connectivity index is 1.54. The standard InChI is InChI=1S/C28H46O/c1-24(2)13-14-25(3)15-16-27(5)21(22(25)18-24)7-8-23-26(4)11-10-20(29)17-19(26)9-12-28(23,27)6/h9,20-23,29H,7-8,10-18H2,1-6H3. The molecule has 5 rings (SSSR count). The number of fused-ring (bicyclic) bond motifs is 7. The molecule has 4 saturated carbocycles.